The minimum Gasteiger partial charge on any atom is -0.490 e. The molecule has 0 aromatic heterocycles. The molecule has 0 N–H and O–H groups in total. The minimum absolute atomic E-state index is 0.192. The Kier molecular flexibility index (Phi) is 9.72. The zero-order chi connectivity index (χ0) is 26.4. The predicted octanol–water partition coefficient (Wildman–Crippen LogP) is 5.51. The van der Waals surface area contributed by atoms with Crippen molar-refractivity contribution in [1.29, 1.82) is 5.26 Å². The molecule has 2 aliphatic heterocycles. The molecule has 2 aliphatic rings. The molecular formula is C29H35Cl2N3O3. The maximum Gasteiger partial charge on any atom is 0.323 e. The van der Waals surface area contributed by atoms with Crippen molar-refractivity contribution in [2.24, 2.45) is 5.92 Å². The number of nitrogens with zero attached hydrogens (tertiary/aromatic N) is 3. The summed E-state index contributed by atoms with van der Waals surface area (Å²) < 4.78 is 11.4. The van der Waals surface area contributed by atoms with Crippen molar-refractivity contribution >= 4 is 29.2 Å². The number of esters is 1. The van der Waals surface area contributed by atoms with Crippen LogP contribution >= 0.6 is 23.2 Å². The van der Waals surface area contributed by atoms with E-state index in [-0.39, 0.29) is 18.1 Å². The molecule has 0 spiro atoms. The number of methoxy groups -OCH3 is 1. The Morgan fingerprint density at radius 1 is 1.05 bits per heavy atom. The molecule has 0 bridgehead atoms. The molecule has 4 rings (SSSR count). The van der Waals surface area contributed by atoms with Crippen molar-refractivity contribution in [2.45, 2.75) is 51.2 Å². The summed E-state index contributed by atoms with van der Waals surface area (Å²) in [5.41, 5.74) is 2.56. The van der Waals surface area contributed by atoms with Gasteiger partial charge in [-0.25, -0.2) is 0 Å². The summed E-state index contributed by atoms with van der Waals surface area (Å²) >= 11 is 12.4. The van der Waals surface area contributed by atoms with E-state index >= 15 is 0 Å². The number of likely N-dealkylation sites (tertiary alicyclic amines) is 2. The highest BCUT2D eigenvalue weighted by atomic mass is 35.5. The van der Waals surface area contributed by atoms with Gasteiger partial charge in [-0.1, -0.05) is 35.3 Å². The normalized spacial score (nSPS) is 18.8. The Morgan fingerprint density at radius 2 is 1.73 bits per heavy atom. The fourth-order valence-electron chi connectivity index (χ4n) is 5.40. The molecule has 0 unspecified atom stereocenters. The lowest BCUT2D eigenvalue weighted by Crippen LogP contribution is -2.49. The van der Waals surface area contributed by atoms with E-state index in [2.05, 4.69) is 15.9 Å². The molecule has 0 saturated carbocycles. The van der Waals surface area contributed by atoms with Crippen molar-refractivity contribution in [3.05, 3.63) is 63.1 Å². The van der Waals surface area contributed by atoms with Gasteiger partial charge >= 0.3 is 5.97 Å². The molecule has 0 amide bonds. The average Bonchev–Trinajstić information content (AvgIpc) is 2.93. The van der Waals surface area contributed by atoms with Gasteiger partial charge in [-0.05, 0) is 87.9 Å². The third kappa shape index (κ3) is 7.18. The molecule has 2 aromatic rings. The maximum absolute atomic E-state index is 12.6. The lowest BCUT2D eigenvalue weighted by Gasteiger charge is -2.39. The third-order valence-corrected chi connectivity index (χ3v) is 8.61. The third-order valence-electron chi connectivity index (χ3n) is 7.71. The van der Waals surface area contributed by atoms with Gasteiger partial charge in [0.2, 0.25) is 0 Å². The number of hydrogen-bond acceptors (Lipinski definition) is 6. The highest BCUT2D eigenvalue weighted by Gasteiger charge is 2.32. The number of carbonyl (C=O) groups excluding carboxylic acids is 1. The molecule has 0 aliphatic carbocycles. The highest BCUT2D eigenvalue weighted by Crippen LogP contribution is 2.33. The zero-order valence-corrected chi connectivity index (χ0v) is 23.1. The van der Waals surface area contributed by atoms with E-state index < -0.39 is 0 Å². The molecule has 6 nitrogen and oxygen atoms in total. The van der Waals surface area contributed by atoms with Gasteiger partial charge in [0.1, 0.15) is 17.9 Å². The number of rotatable bonds is 8. The highest BCUT2D eigenvalue weighted by molar-refractivity contribution is 6.42. The molecule has 2 aromatic carbocycles. The van der Waals surface area contributed by atoms with Gasteiger partial charge in [0.15, 0.2) is 0 Å². The molecule has 2 fully saturated rings. The largest absolute Gasteiger partial charge is 0.490 e. The van der Waals surface area contributed by atoms with Crippen LogP contribution < -0.4 is 4.74 Å². The summed E-state index contributed by atoms with van der Waals surface area (Å²) in [5, 5.41) is 10.2. The topological polar surface area (TPSA) is 65.8 Å². The summed E-state index contributed by atoms with van der Waals surface area (Å²) in [4.78, 5) is 17.4. The number of benzene rings is 2. The Morgan fingerprint density at radius 3 is 2.35 bits per heavy atom. The molecular weight excluding hydrogens is 509 g/mol. The summed E-state index contributed by atoms with van der Waals surface area (Å²) in [7, 11) is 1.46. The minimum atomic E-state index is -0.295. The van der Waals surface area contributed by atoms with Crippen LogP contribution in [0.5, 0.6) is 5.75 Å². The van der Waals surface area contributed by atoms with E-state index in [4.69, 9.17) is 37.9 Å². The van der Waals surface area contributed by atoms with E-state index in [9.17, 15) is 4.79 Å². The number of halogens is 2. The molecule has 2 saturated heterocycles. The molecule has 1 atom stereocenters. The Bertz CT molecular complexity index is 1100. The fraction of sp³-hybridized carbons (Fsp3) is 0.517. The lowest BCUT2D eigenvalue weighted by atomic mass is 9.93. The monoisotopic (exact) mass is 543 g/mol. The lowest BCUT2D eigenvalue weighted by molar-refractivity contribution is -0.147. The van der Waals surface area contributed by atoms with E-state index in [1.54, 1.807) is 18.2 Å². The summed E-state index contributed by atoms with van der Waals surface area (Å²) in [6, 6.07) is 13.0. The van der Waals surface area contributed by atoms with Crippen molar-refractivity contribution in [2.75, 3.05) is 39.8 Å². The fourth-order valence-corrected chi connectivity index (χ4v) is 5.76. The van der Waals surface area contributed by atoms with Gasteiger partial charge in [0.05, 0.1) is 28.8 Å². The second-order valence-corrected chi connectivity index (χ2v) is 10.9. The van der Waals surface area contributed by atoms with Gasteiger partial charge in [-0.2, -0.15) is 5.26 Å². The van der Waals surface area contributed by atoms with Gasteiger partial charge in [-0.3, -0.25) is 9.69 Å². The van der Waals surface area contributed by atoms with Crippen molar-refractivity contribution in [1.82, 2.24) is 9.80 Å². The summed E-state index contributed by atoms with van der Waals surface area (Å²) in [6.45, 7) is 6.85. The quantitative estimate of drug-likeness (QED) is 0.409. The van der Waals surface area contributed by atoms with E-state index in [1.165, 1.54) is 7.11 Å². The second kappa shape index (κ2) is 13.0. The maximum atomic E-state index is 12.6. The molecule has 2 heterocycles. The van der Waals surface area contributed by atoms with Gasteiger partial charge < -0.3 is 14.4 Å². The van der Waals surface area contributed by atoms with Crippen molar-refractivity contribution in [3.63, 3.8) is 0 Å². The number of ether oxygens (including phenoxy) is 2. The van der Waals surface area contributed by atoms with Crippen molar-refractivity contribution < 1.29 is 14.3 Å². The number of hydrogen-bond donors (Lipinski definition) is 0. The SMILES string of the molecule is COC(=O)[C@H](Cc1ccc(C#N)cc1)N1CCC(CN2CCC(Oc3ccc(Cl)c(Cl)c3C)CC2)CC1. The van der Waals surface area contributed by atoms with Gasteiger partial charge in [0.25, 0.3) is 0 Å². The smallest absolute Gasteiger partial charge is 0.323 e. The zero-order valence-electron chi connectivity index (χ0n) is 21.6. The Labute approximate surface area is 230 Å². The van der Waals surface area contributed by atoms with Crippen LogP contribution in [0.15, 0.2) is 36.4 Å². The first-order valence-electron chi connectivity index (χ1n) is 13.0. The van der Waals surface area contributed by atoms with Crippen LogP contribution in [0.4, 0.5) is 0 Å². The first kappa shape index (κ1) is 27.7. The van der Waals surface area contributed by atoms with E-state index in [0.29, 0.717) is 27.9 Å². The Balaban J connectivity index is 1.24. The van der Waals surface area contributed by atoms with Crippen LogP contribution in [-0.2, 0) is 16.0 Å². The molecule has 37 heavy (non-hydrogen) atoms. The molecule has 8 heteroatoms. The van der Waals surface area contributed by atoms with Crippen LogP contribution in [0.2, 0.25) is 10.0 Å². The van der Waals surface area contributed by atoms with Gasteiger partial charge in [-0.15, -0.1) is 0 Å². The van der Waals surface area contributed by atoms with E-state index in [0.717, 1.165) is 75.3 Å². The molecule has 198 valence electrons. The summed E-state index contributed by atoms with van der Waals surface area (Å²) in [6.07, 6.45) is 4.91. The number of nitriles is 1. The van der Waals surface area contributed by atoms with Crippen LogP contribution in [-0.4, -0.2) is 67.7 Å². The Hall–Kier alpha value is -2.30. The second-order valence-electron chi connectivity index (χ2n) is 10.1. The van der Waals surface area contributed by atoms with Crippen LogP contribution in [0.1, 0.15) is 42.4 Å². The van der Waals surface area contributed by atoms with Crippen molar-refractivity contribution in [3.8, 4) is 11.8 Å². The standard InChI is InChI=1S/C29H35Cl2N3O3/c1-20-27(8-7-25(30)28(20)31)37-24-11-13-33(14-12-24)19-23-9-15-34(16-10-23)26(29(35)36-2)17-21-3-5-22(18-32)6-4-21/h3-8,23-24,26H,9-17,19H2,1-2H3/t26-/m0/s1. The van der Waals surface area contributed by atoms with E-state index in [1.807, 2.05) is 25.1 Å². The predicted molar refractivity (Wildman–Crippen MR) is 146 cm³/mol. The first-order chi connectivity index (χ1) is 17.9. The van der Waals surface area contributed by atoms with Crippen LogP contribution in [0.3, 0.4) is 0 Å². The average molecular weight is 545 g/mol. The van der Waals surface area contributed by atoms with Gasteiger partial charge in [0, 0.05) is 25.2 Å². The first-order valence-corrected chi connectivity index (χ1v) is 13.8. The van der Waals surface area contributed by atoms with Crippen LogP contribution in [0.25, 0.3) is 0 Å². The van der Waals surface area contributed by atoms with Crippen LogP contribution in [0, 0.1) is 24.2 Å². The molecule has 0 radical (unpaired) electrons. The number of piperidine rings is 2. The number of carbonyl (C=O) groups is 1. The summed E-state index contributed by atoms with van der Waals surface area (Å²) in [5.74, 6) is 1.25.